The number of morpholine rings is 1. The van der Waals surface area contributed by atoms with Crippen LogP contribution in [0.1, 0.15) is 18.0 Å². The molecule has 2 rings (SSSR count). The van der Waals surface area contributed by atoms with Crippen LogP contribution in [-0.4, -0.2) is 56.7 Å². The Morgan fingerprint density at radius 1 is 1.41 bits per heavy atom. The Kier molecular flexibility index (Phi) is 5.91. The van der Waals surface area contributed by atoms with Gasteiger partial charge in [0, 0.05) is 27.3 Å². The van der Waals surface area contributed by atoms with Crippen LogP contribution >= 0.6 is 0 Å². The van der Waals surface area contributed by atoms with E-state index in [-0.39, 0.29) is 18.4 Å². The van der Waals surface area contributed by atoms with E-state index in [4.69, 9.17) is 9.47 Å². The number of ether oxygens (including phenoxy) is 2. The summed E-state index contributed by atoms with van der Waals surface area (Å²) in [5.41, 5.74) is 0.884. The van der Waals surface area contributed by atoms with Crippen molar-refractivity contribution in [3.8, 4) is 0 Å². The number of likely N-dealkylation sites (N-methyl/N-ethyl adjacent to an activating group) is 1. The van der Waals surface area contributed by atoms with Gasteiger partial charge in [0.05, 0.1) is 6.04 Å². The van der Waals surface area contributed by atoms with E-state index in [1.54, 1.807) is 19.1 Å². The molecule has 0 unspecified atom stereocenters. The molecule has 1 fully saturated rings. The zero-order valence-electron chi connectivity index (χ0n) is 13.0. The van der Waals surface area contributed by atoms with E-state index in [1.807, 2.05) is 30.3 Å². The summed E-state index contributed by atoms with van der Waals surface area (Å²) in [6, 6.07) is 9.05. The highest BCUT2D eigenvalue weighted by Crippen LogP contribution is 2.28. The highest BCUT2D eigenvalue weighted by molar-refractivity contribution is 5.86. The summed E-state index contributed by atoms with van der Waals surface area (Å²) in [7, 11) is 3.33. The van der Waals surface area contributed by atoms with Gasteiger partial charge in [-0.05, 0) is 12.0 Å². The third-order valence-electron chi connectivity index (χ3n) is 3.71. The Labute approximate surface area is 130 Å². The Morgan fingerprint density at radius 3 is 2.82 bits per heavy atom. The van der Waals surface area contributed by atoms with Crippen LogP contribution in [0.2, 0.25) is 0 Å². The fraction of sp³-hybridized carbons (Fsp3) is 0.500. The van der Waals surface area contributed by atoms with Crippen LogP contribution in [0.3, 0.4) is 0 Å². The molecular weight excluding hydrogens is 284 g/mol. The molecule has 1 N–H and O–H groups in total. The summed E-state index contributed by atoms with van der Waals surface area (Å²) in [4.78, 5) is 25.9. The molecule has 1 aliphatic heterocycles. The molecule has 120 valence electrons. The first-order valence-corrected chi connectivity index (χ1v) is 7.34. The number of carbonyl (C=O) groups is 2. The number of methoxy groups -OCH3 is 1. The predicted octanol–water partition coefficient (Wildman–Crippen LogP) is 0.738. The third-order valence-corrected chi connectivity index (χ3v) is 3.71. The molecule has 22 heavy (non-hydrogen) atoms. The number of nitrogens with one attached hydrogen (secondary N) is 1. The van der Waals surface area contributed by atoms with Gasteiger partial charge in [-0.15, -0.1) is 0 Å². The van der Waals surface area contributed by atoms with E-state index in [0.29, 0.717) is 13.2 Å². The Hall–Kier alpha value is -1.92. The first kappa shape index (κ1) is 16.5. The highest BCUT2D eigenvalue weighted by atomic mass is 16.5. The van der Waals surface area contributed by atoms with Gasteiger partial charge in [0.2, 0.25) is 5.91 Å². The molecule has 0 aromatic heterocycles. The average molecular weight is 306 g/mol. The first-order chi connectivity index (χ1) is 10.6. The van der Waals surface area contributed by atoms with Gasteiger partial charge in [-0.3, -0.25) is 9.59 Å². The molecule has 1 aromatic carbocycles. The molecule has 1 heterocycles. The summed E-state index contributed by atoms with van der Waals surface area (Å²) >= 11 is 0. The number of nitrogens with zero attached hydrogens (tertiary/aromatic N) is 1. The fourth-order valence-corrected chi connectivity index (χ4v) is 2.51. The van der Waals surface area contributed by atoms with Crippen LogP contribution in [0, 0.1) is 0 Å². The minimum absolute atomic E-state index is 0.0734. The van der Waals surface area contributed by atoms with Gasteiger partial charge >= 0.3 is 0 Å². The number of carbonyl (C=O) groups excluding carboxylic acids is 2. The van der Waals surface area contributed by atoms with Gasteiger partial charge in [-0.2, -0.15) is 0 Å². The van der Waals surface area contributed by atoms with E-state index in [9.17, 15) is 9.59 Å². The maximum Gasteiger partial charge on any atom is 0.251 e. The average Bonchev–Trinajstić information content (AvgIpc) is 2.54. The number of rotatable bonds is 6. The maximum absolute atomic E-state index is 12.4. The molecule has 1 aromatic rings. The van der Waals surface area contributed by atoms with E-state index in [0.717, 1.165) is 12.0 Å². The minimum atomic E-state index is -0.701. The van der Waals surface area contributed by atoms with Crippen molar-refractivity contribution in [1.82, 2.24) is 10.2 Å². The topological polar surface area (TPSA) is 67.9 Å². The van der Waals surface area contributed by atoms with E-state index in [2.05, 4.69) is 5.32 Å². The zero-order valence-corrected chi connectivity index (χ0v) is 13.0. The maximum atomic E-state index is 12.4. The first-order valence-electron chi connectivity index (χ1n) is 7.34. The van der Waals surface area contributed by atoms with Gasteiger partial charge in [0.25, 0.3) is 5.91 Å². The van der Waals surface area contributed by atoms with Gasteiger partial charge in [0.1, 0.15) is 6.61 Å². The largest absolute Gasteiger partial charge is 0.385 e. The summed E-state index contributed by atoms with van der Waals surface area (Å²) in [5, 5.41) is 2.84. The molecule has 0 bridgehead atoms. The lowest BCUT2D eigenvalue weighted by Gasteiger charge is -2.38. The Morgan fingerprint density at radius 2 is 2.14 bits per heavy atom. The quantitative estimate of drug-likeness (QED) is 0.787. The van der Waals surface area contributed by atoms with E-state index >= 15 is 0 Å². The third kappa shape index (κ3) is 3.84. The van der Waals surface area contributed by atoms with Crippen molar-refractivity contribution in [3.05, 3.63) is 35.9 Å². The van der Waals surface area contributed by atoms with Crippen LogP contribution in [-0.2, 0) is 19.1 Å². The van der Waals surface area contributed by atoms with Crippen LogP contribution < -0.4 is 5.32 Å². The number of benzene rings is 1. The Balaban J connectivity index is 2.10. The van der Waals surface area contributed by atoms with Crippen molar-refractivity contribution in [2.24, 2.45) is 0 Å². The molecule has 1 saturated heterocycles. The SMILES string of the molecule is COCCCNC(=O)[C@@H]1OCC(=O)N(C)[C@H]1c1ccccc1. The van der Waals surface area contributed by atoms with Crippen LogP contribution in [0.4, 0.5) is 0 Å². The van der Waals surface area contributed by atoms with E-state index in [1.165, 1.54) is 0 Å². The molecule has 2 atom stereocenters. The lowest BCUT2D eigenvalue weighted by Crippen LogP contribution is -2.53. The lowest BCUT2D eigenvalue weighted by molar-refractivity contribution is -0.162. The Bertz CT molecular complexity index is 506. The molecule has 0 spiro atoms. The predicted molar refractivity (Wildman–Crippen MR) is 81.2 cm³/mol. The second-order valence-electron chi connectivity index (χ2n) is 5.23. The molecular formula is C16H22N2O4. The van der Waals surface area contributed by atoms with Gasteiger partial charge in [-0.25, -0.2) is 0 Å². The second kappa shape index (κ2) is 7.91. The smallest absolute Gasteiger partial charge is 0.251 e. The summed E-state index contributed by atoms with van der Waals surface area (Å²) in [5.74, 6) is -0.332. The van der Waals surface area contributed by atoms with Crippen LogP contribution in [0.5, 0.6) is 0 Å². The van der Waals surface area contributed by atoms with E-state index < -0.39 is 12.1 Å². The zero-order chi connectivity index (χ0) is 15.9. The van der Waals surface area contributed by atoms with Crippen LogP contribution in [0.15, 0.2) is 30.3 Å². The second-order valence-corrected chi connectivity index (χ2v) is 5.23. The van der Waals surface area contributed by atoms with Crippen LogP contribution in [0.25, 0.3) is 0 Å². The standard InChI is InChI=1S/C16H22N2O4/c1-18-13(19)11-22-15(16(20)17-9-6-10-21-2)14(18)12-7-4-3-5-8-12/h3-5,7-8,14-15H,6,9-11H2,1-2H3,(H,17,20)/t14-,15+/m0/s1. The molecule has 0 radical (unpaired) electrons. The summed E-state index contributed by atoms with van der Waals surface area (Å²) in [6.07, 6.45) is 0.0346. The van der Waals surface area contributed by atoms with Crippen molar-refractivity contribution in [2.45, 2.75) is 18.6 Å². The number of amides is 2. The summed E-state index contributed by atoms with van der Waals surface area (Å²) < 4.78 is 10.5. The van der Waals surface area contributed by atoms with Gasteiger partial charge in [-0.1, -0.05) is 30.3 Å². The molecule has 2 amide bonds. The van der Waals surface area contributed by atoms with Gasteiger partial charge in [0.15, 0.2) is 6.10 Å². The van der Waals surface area contributed by atoms with Crippen molar-refractivity contribution in [1.29, 1.82) is 0 Å². The van der Waals surface area contributed by atoms with Gasteiger partial charge < -0.3 is 19.7 Å². The summed E-state index contributed by atoms with van der Waals surface area (Å²) in [6.45, 7) is 1.04. The minimum Gasteiger partial charge on any atom is -0.385 e. The van der Waals surface area contributed by atoms with Crippen molar-refractivity contribution >= 4 is 11.8 Å². The monoisotopic (exact) mass is 306 g/mol. The number of hydrogen-bond acceptors (Lipinski definition) is 4. The van der Waals surface area contributed by atoms with Crippen molar-refractivity contribution < 1.29 is 19.1 Å². The molecule has 6 heteroatoms. The van der Waals surface area contributed by atoms with Crippen molar-refractivity contribution in [2.75, 3.05) is 33.9 Å². The molecule has 0 aliphatic carbocycles. The normalized spacial score (nSPS) is 21.7. The fourth-order valence-electron chi connectivity index (χ4n) is 2.51. The number of hydrogen-bond donors (Lipinski definition) is 1. The van der Waals surface area contributed by atoms with Crippen molar-refractivity contribution in [3.63, 3.8) is 0 Å². The molecule has 1 aliphatic rings. The highest BCUT2D eigenvalue weighted by Gasteiger charge is 2.39. The molecule has 6 nitrogen and oxygen atoms in total. The lowest BCUT2D eigenvalue weighted by atomic mass is 9.97. The molecule has 0 saturated carbocycles.